The quantitative estimate of drug-likeness (QED) is 0.851. The first kappa shape index (κ1) is 15.0. The van der Waals surface area contributed by atoms with E-state index in [1.165, 1.54) is 0 Å². The maximum absolute atomic E-state index is 12.0. The molecule has 0 bridgehead atoms. The molecule has 6 heteroatoms. The average Bonchev–Trinajstić information content (AvgIpc) is 2.94. The predicted octanol–water partition coefficient (Wildman–Crippen LogP) is 1.89. The molecule has 2 heterocycles. The van der Waals surface area contributed by atoms with Gasteiger partial charge in [0.15, 0.2) is 0 Å². The molecule has 0 spiro atoms. The largest absolute Gasteiger partial charge is 0.357 e. The molecule has 0 atom stereocenters. The average molecular weight is 287 g/mol. The third kappa shape index (κ3) is 3.59. The number of aryl methyl sites for hydroxylation is 1. The number of carbonyl (C=O) groups is 1. The van der Waals surface area contributed by atoms with Crippen LogP contribution in [0.4, 0.5) is 5.82 Å². The van der Waals surface area contributed by atoms with Crippen molar-refractivity contribution in [3.63, 3.8) is 0 Å². The van der Waals surface area contributed by atoms with Crippen LogP contribution in [0.2, 0.25) is 0 Å². The lowest BCUT2D eigenvalue weighted by atomic mass is 10.2. The highest BCUT2D eigenvalue weighted by molar-refractivity contribution is 5.92. The Hall–Kier alpha value is -2.37. The summed E-state index contributed by atoms with van der Waals surface area (Å²) in [6.07, 6.45) is 1.77. The molecule has 0 saturated carbocycles. The molecule has 112 valence electrons. The van der Waals surface area contributed by atoms with Crippen LogP contribution in [0.25, 0.3) is 0 Å². The minimum absolute atomic E-state index is 0.186. The number of nitrogens with one attached hydrogen (secondary N) is 2. The Morgan fingerprint density at radius 2 is 2.14 bits per heavy atom. The number of amides is 1. The molecule has 2 rings (SSSR count). The molecule has 0 saturated heterocycles. The lowest BCUT2D eigenvalue weighted by Gasteiger charge is -2.22. The highest BCUT2D eigenvalue weighted by atomic mass is 16.1. The Morgan fingerprint density at radius 1 is 1.38 bits per heavy atom. The molecule has 0 aliphatic carbocycles. The van der Waals surface area contributed by atoms with Crippen LogP contribution in [0.1, 0.15) is 35.6 Å². The van der Waals surface area contributed by atoms with Crippen LogP contribution < -0.4 is 10.2 Å². The molecule has 0 aliphatic rings. The smallest absolute Gasteiger partial charge is 0.272 e. The van der Waals surface area contributed by atoms with Crippen molar-refractivity contribution in [2.24, 2.45) is 0 Å². The van der Waals surface area contributed by atoms with Crippen molar-refractivity contribution in [3.05, 3.63) is 41.3 Å². The lowest BCUT2D eigenvalue weighted by molar-refractivity contribution is 0.0946. The molecule has 2 aromatic rings. The monoisotopic (exact) mass is 287 g/mol. The van der Waals surface area contributed by atoms with Crippen LogP contribution in [0.15, 0.2) is 24.4 Å². The first-order chi connectivity index (χ1) is 10.2. The zero-order valence-corrected chi connectivity index (χ0v) is 12.7. The summed E-state index contributed by atoms with van der Waals surface area (Å²) in [6.45, 7) is 8.24. The molecule has 0 aliphatic heterocycles. The van der Waals surface area contributed by atoms with E-state index >= 15 is 0 Å². The van der Waals surface area contributed by atoms with Crippen LogP contribution >= 0.6 is 0 Å². The Morgan fingerprint density at radius 3 is 2.76 bits per heavy atom. The summed E-state index contributed by atoms with van der Waals surface area (Å²) in [6, 6.07) is 5.59. The van der Waals surface area contributed by atoms with Crippen molar-refractivity contribution in [2.45, 2.75) is 27.3 Å². The number of pyridine rings is 1. The van der Waals surface area contributed by atoms with Gasteiger partial charge < -0.3 is 10.2 Å². The first-order valence-electron chi connectivity index (χ1n) is 7.14. The van der Waals surface area contributed by atoms with E-state index in [0.29, 0.717) is 12.2 Å². The number of hydrogen-bond donors (Lipinski definition) is 2. The highest BCUT2D eigenvalue weighted by Crippen LogP contribution is 2.16. The van der Waals surface area contributed by atoms with Crippen molar-refractivity contribution in [3.8, 4) is 0 Å². The van der Waals surface area contributed by atoms with E-state index in [9.17, 15) is 4.79 Å². The minimum atomic E-state index is -0.186. The summed E-state index contributed by atoms with van der Waals surface area (Å²) >= 11 is 0. The molecule has 0 radical (unpaired) electrons. The van der Waals surface area contributed by atoms with Gasteiger partial charge in [0, 0.05) is 37.1 Å². The Bertz CT molecular complexity index is 604. The molecule has 1 amide bonds. The van der Waals surface area contributed by atoms with Crippen LogP contribution in [0.5, 0.6) is 0 Å². The van der Waals surface area contributed by atoms with Gasteiger partial charge >= 0.3 is 0 Å². The van der Waals surface area contributed by atoms with Crippen LogP contribution in [-0.4, -0.2) is 34.2 Å². The van der Waals surface area contributed by atoms with Crippen LogP contribution in [0.3, 0.4) is 0 Å². The fraction of sp³-hybridized carbons (Fsp3) is 0.400. The summed E-state index contributed by atoms with van der Waals surface area (Å²) in [4.78, 5) is 18.6. The van der Waals surface area contributed by atoms with E-state index in [4.69, 9.17) is 0 Å². The van der Waals surface area contributed by atoms with Crippen molar-refractivity contribution in [1.29, 1.82) is 0 Å². The first-order valence-corrected chi connectivity index (χ1v) is 7.14. The van der Waals surface area contributed by atoms with Crippen LogP contribution in [-0.2, 0) is 6.54 Å². The number of aromatic nitrogens is 3. The Labute approximate surface area is 124 Å². The Kier molecular flexibility index (Phi) is 4.92. The van der Waals surface area contributed by atoms with Gasteiger partial charge in [0.25, 0.3) is 5.91 Å². The van der Waals surface area contributed by atoms with Gasteiger partial charge in [-0.2, -0.15) is 5.10 Å². The molecular formula is C15H21N5O. The maximum Gasteiger partial charge on any atom is 0.272 e. The van der Waals surface area contributed by atoms with Gasteiger partial charge in [-0.05, 0) is 32.9 Å². The van der Waals surface area contributed by atoms with E-state index in [0.717, 1.165) is 30.2 Å². The number of aromatic amines is 1. The molecular weight excluding hydrogens is 266 g/mol. The third-order valence-electron chi connectivity index (χ3n) is 3.31. The van der Waals surface area contributed by atoms with Gasteiger partial charge in [0.1, 0.15) is 11.5 Å². The number of H-pyrrole nitrogens is 1. The van der Waals surface area contributed by atoms with E-state index in [1.54, 1.807) is 12.3 Å². The summed E-state index contributed by atoms with van der Waals surface area (Å²) < 4.78 is 0. The van der Waals surface area contributed by atoms with E-state index in [-0.39, 0.29) is 5.91 Å². The van der Waals surface area contributed by atoms with E-state index in [2.05, 4.69) is 39.2 Å². The molecule has 21 heavy (non-hydrogen) atoms. The standard InChI is InChI=1S/C15H21N5O/c1-4-20(5-2)14-12(7-6-8-16-14)10-17-15(21)13-9-11(3)18-19-13/h6-9H,4-5,10H2,1-3H3,(H,17,21)(H,18,19). The summed E-state index contributed by atoms with van der Waals surface area (Å²) in [5.41, 5.74) is 2.27. The molecule has 0 fully saturated rings. The van der Waals surface area contributed by atoms with Gasteiger partial charge in [-0.25, -0.2) is 4.98 Å². The van der Waals surface area contributed by atoms with E-state index < -0.39 is 0 Å². The van der Waals surface area contributed by atoms with Crippen molar-refractivity contribution >= 4 is 11.7 Å². The summed E-state index contributed by atoms with van der Waals surface area (Å²) in [7, 11) is 0. The zero-order chi connectivity index (χ0) is 15.2. The van der Waals surface area contributed by atoms with Crippen molar-refractivity contribution in [2.75, 3.05) is 18.0 Å². The molecule has 6 nitrogen and oxygen atoms in total. The normalized spacial score (nSPS) is 10.4. The SMILES string of the molecule is CCN(CC)c1ncccc1CNC(=O)c1cc(C)[nH]n1. The maximum atomic E-state index is 12.0. The second-order valence-corrected chi connectivity index (χ2v) is 4.78. The number of nitrogens with zero attached hydrogens (tertiary/aromatic N) is 3. The fourth-order valence-electron chi connectivity index (χ4n) is 2.18. The van der Waals surface area contributed by atoms with E-state index in [1.807, 2.05) is 19.1 Å². The highest BCUT2D eigenvalue weighted by Gasteiger charge is 2.12. The second-order valence-electron chi connectivity index (χ2n) is 4.78. The fourth-order valence-corrected chi connectivity index (χ4v) is 2.18. The number of carbonyl (C=O) groups excluding carboxylic acids is 1. The van der Waals surface area contributed by atoms with Crippen molar-refractivity contribution in [1.82, 2.24) is 20.5 Å². The molecule has 0 unspecified atom stereocenters. The molecule has 2 N–H and O–H groups in total. The summed E-state index contributed by atoms with van der Waals surface area (Å²) in [5, 5.41) is 9.60. The third-order valence-corrected chi connectivity index (χ3v) is 3.31. The van der Waals surface area contributed by atoms with Crippen LogP contribution in [0, 0.1) is 6.92 Å². The Balaban J connectivity index is 2.08. The van der Waals surface area contributed by atoms with Gasteiger partial charge in [0.2, 0.25) is 0 Å². The minimum Gasteiger partial charge on any atom is -0.357 e. The van der Waals surface area contributed by atoms with Crippen molar-refractivity contribution < 1.29 is 4.79 Å². The van der Waals surface area contributed by atoms with Gasteiger partial charge in [0.05, 0.1) is 0 Å². The van der Waals surface area contributed by atoms with Gasteiger partial charge in [-0.15, -0.1) is 0 Å². The van der Waals surface area contributed by atoms with Gasteiger partial charge in [-0.1, -0.05) is 6.07 Å². The van der Waals surface area contributed by atoms with Gasteiger partial charge in [-0.3, -0.25) is 9.89 Å². The predicted molar refractivity (Wildman–Crippen MR) is 82.3 cm³/mol. The zero-order valence-electron chi connectivity index (χ0n) is 12.7. The topological polar surface area (TPSA) is 73.9 Å². The lowest BCUT2D eigenvalue weighted by Crippen LogP contribution is -2.28. The molecule has 0 aromatic carbocycles. The number of hydrogen-bond acceptors (Lipinski definition) is 4. The number of anilines is 1. The molecule has 2 aromatic heterocycles. The summed E-state index contributed by atoms with van der Waals surface area (Å²) in [5.74, 6) is 0.731. The number of rotatable bonds is 6. The second kappa shape index (κ2) is 6.88.